The normalized spacial score (nSPS) is 18.2. The molecular formula is C15H17ClN2O2. The number of hydrogen-bond acceptors (Lipinski definition) is 3. The fourth-order valence-corrected chi connectivity index (χ4v) is 2.67. The van der Waals surface area contributed by atoms with Gasteiger partial charge in [-0.3, -0.25) is 4.79 Å². The summed E-state index contributed by atoms with van der Waals surface area (Å²) in [6.07, 6.45) is 2.34. The van der Waals surface area contributed by atoms with Gasteiger partial charge in [0.05, 0.1) is 18.6 Å². The van der Waals surface area contributed by atoms with E-state index in [1.54, 1.807) is 24.3 Å². The third-order valence-corrected chi connectivity index (χ3v) is 3.94. The molecule has 0 aliphatic heterocycles. The summed E-state index contributed by atoms with van der Waals surface area (Å²) in [4.78, 5) is 12.0. The van der Waals surface area contributed by atoms with Gasteiger partial charge in [-0.15, -0.1) is 0 Å². The highest BCUT2D eigenvalue weighted by Crippen LogP contribution is 2.29. The molecule has 2 N–H and O–H groups in total. The van der Waals surface area contributed by atoms with Crippen LogP contribution in [0.2, 0.25) is 5.02 Å². The zero-order valence-electron chi connectivity index (χ0n) is 11.1. The van der Waals surface area contributed by atoms with Gasteiger partial charge in [0.1, 0.15) is 5.54 Å². The van der Waals surface area contributed by atoms with Gasteiger partial charge >= 0.3 is 0 Å². The summed E-state index contributed by atoms with van der Waals surface area (Å²) in [5.74, 6) is -0.295. The lowest BCUT2D eigenvalue weighted by Crippen LogP contribution is -2.45. The van der Waals surface area contributed by atoms with E-state index in [1.807, 2.05) is 0 Å². The number of nitrogens with zero attached hydrogens (tertiary/aromatic N) is 1. The Morgan fingerprint density at radius 1 is 1.40 bits per heavy atom. The summed E-state index contributed by atoms with van der Waals surface area (Å²) in [5, 5.41) is 22.6. The lowest BCUT2D eigenvalue weighted by molar-refractivity contribution is -0.124. The summed E-state index contributed by atoms with van der Waals surface area (Å²) in [6.45, 7) is 0. The van der Waals surface area contributed by atoms with Crippen LogP contribution in [0, 0.1) is 11.3 Å². The molecule has 0 aromatic heterocycles. The molecular weight excluding hydrogens is 276 g/mol. The maximum absolute atomic E-state index is 12.0. The third kappa shape index (κ3) is 3.50. The minimum atomic E-state index is -0.885. The number of aliphatic hydroxyl groups is 1. The van der Waals surface area contributed by atoms with Gasteiger partial charge in [-0.25, -0.2) is 0 Å². The highest BCUT2D eigenvalue weighted by atomic mass is 35.5. The molecule has 106 valence electrons. The second-order valence-corrected chi connectivity index (χ2v) is 5.66. The number of nitriles is 1. The molecule has 0 radical (unpaired) electrons. The second kappa shape index (κ2) is 6.25. The molecule has 4 nitrogen and oxygen atoms in total. The van der Waals surface area contributed by atoms with Crippen molar-refractivity contribution in [2.45, 2.75) is 43.7 Å². The van der Waals surface area contributed by atoms with Gasteiger partial charge in [0, 0.05) is 5.02 Å². The van der Waals surface area contributed by atoms with Crippen molar-refractivity contribution in [1.82, 2.24) is 5.32 Å². The Labute approximate surface area is 123 Å². The molecule has 2 rings (SSSR count). The molecule has 1 aliphatic carbocycles. The first-order valence-electron chi connectivity index (χ1n) is 6.70. The van der Waals surface area contributed by atoms with Gasteiger partial charge in [-0.1, -0.05) is 23.7 Å². The van der Waals surface area contributed by atoms with E-state index in [4.69, 9.17) is 11.6 Å². The zero-order chi connectivity index (χ0) is 14.6. The molecule has 1 atom stereocenters. The Morgan fingerprint density at radius 3 is 2.55 bits per heavy atom. The SMILES string of the molecule is N#CC1(NC(=O)CC(O)c2ccc(Cl)cc2)CCCC1. The van der Waals surface area contributed by atoms with E-state index in [2.05, 4.69) is 11.4 Å². The van der Waals surface area contributed by atoms with Crippen LogP contribution in [0.1, 0.15) is 43.8 Å². The fourth-order valence-electron chi connectivity index (χ4n) is 2.54. The number of amides is 1. The molecule has 1 saturated carbocycles. The van der Waals surface area contributed by atoms with Crippen molar-refractivity contribution in [3.63, 3.8) is 0 Å². The lowest BCUT2D eigenvalue weighted by atomic mass is 9.98. The van der Waals surface area contributed by atoms with Crippen LogP contribution >= 0.6 is 11.6 Å². The average Bonchev–Trinajstić information content (AvgIpc) is 2.88. The minimum absolute atomic E-state index is 0.0505. The van der Waals surface area contributed by atoms with E-state index in [-0.39, 0.29) is 12.3 Å². The van der Waals surface area contributed by atoms with Crippen LogP contribution in [0.3, 0.4) is 0 Å². The maximum atomic E-state index is 12.0. The largest absolute Gasteiger partial charge is 0.388 e. The first-order chi connectivity index (χ1) is 9.54. The Kier molecular flexibility index (Phi) is 4.64. The Balaban J connectivity index is 1.94. The lowest BCUT2D eigenvalue weighted by Gasteiger charge is -2.22. The molecule has 0 saturated heterocycles. The van der Waals surface area contributed by atoms with Gasteiger partial charge in [0.2, 0.25) is 5.91 Å². The van der Waals surface area contributed by atoms with Crippen LogP contribution in [0.25, 0.3) is 0 Å². The number of benzene rings is 1. The molecule has 0 bridgehead atoms. The molecule has 0 heterocycles. The van der Waals surface area contributed by atoms with Crippen molar-refractivity contribution in [2.75, 3.05) is 0 Å². The smallest absolute Gasteiger partial charge is 0.224 e. The quantitative estimate of drug-likeness (QED) is 0.896. The predicted molar refractivity (Wildman–Crippen MR) is 76.0 cm³/mol. The van der Waals surface area contributed by atoms with Crippen molar-refractivity contribution in [3.05, 3.63) is 34.9 Å². The summed E-state index contributed by atoms with van der Waals surface area (Å²) < 4.78 is 0. The van der Waals surface area contributed by atoms with Gasteiger partial charge in [0.25, 0.3) is 0 Å². The van der Waals surface area contributed by atoms with Crippen molar-refractivity contribution in [3.8, 4) is 6.07 Å². The molecule has 5 heteroatoms. The highest BCUT2D eigenvalue weighted by molar-refractivity contribution is 6.30. The number of halogens is 1. The molecule has 20 heavy (non-hydrogen) atoms. The Morgan fingerprint density at radius 2 is 2.00 bits per heavy atom. The van der Waals surface area contributed by atoms with E-state index in [0.29, 0.717) is 23.4 Å². The number of aliphatic hydroxyl groups excluding tert-OH is 1. The monoisotopic (exact) mass is 292 g/mol. The maximum Gasteiger partial charge on any atom is 0.224 e. The second-order valence-electron chi connectivity index (χ2n) is 5.22. The van der Waals surface area contributed by atoms with Crippen molar-refractivity contribution < 1.29 is 9.90 Å². The Hall–Kier alpha value is -1.57. The van der Waals surface area contributed by atoms with Crippen LogP contribution in [-0.4, -0.2) is 16.6 Å². The number of rotatable bonds is 4. The van der Waals surface area contributed by atoms with Gasteiger partial charge in [-0.2, -0.15) is 5.26 Å². The van der Waals surface area contributed by atoms with Gasteiger partial charge < -0.3 is 10.4 Å². The topological polar surface area (TPSA) is 73.1 Å². The van der Waals surface area contributed by atoms with Crippen LogP contribution in [0.5, 0.6) is 0 Å². The molecule has 1 aromatic rings. The standard InChI is InChI=1S/C15H17ClN2O2/c16-12-5-3-11(4-6-12)13(19)9-14(20)18-15(10-17)7-1-2-8-15/h3-6,13,19H,1-2,7-9H2,(H,18,20). The minimum Gasteiger partial charge on any atom is -0.388 e. The summed E-state index contributed by atoms with van der Waals surface area (Å²) in [6, 6.07) is 8.92. The molecule has 1 amide bonds. The van der Waals surface area contributed by atoms with Crippen molar-refractivity contribution in [1.29, 1.82) is 5.26 Å². The van der Waals surface area contributed by atoms with Crippen molar-refractivity contribution in [2.24, 2.45) is 0 Å². The summed E-state index contributed by atoms with van der Waals surface area (Å²) in [7, 11) is 0. The third-order valence-electron chi connectivity index (χ3n) is 3.68. The summed E-state index contributed by atoms with van der Waals surface area (Å²) in [5.41, 5.74) is -0.0986. The first-order valence-corrected chi connectivity index (χ1v) is 7.08. The molecule has 1 fully saturated rings. The van der Waals surface area contributed by atoms with Gasteiger partial charge in [-0.05, 0) is 43.4 Å². The number of hydrogen-bond donors (Lipinski definition) is 2. The van der Waals surface area contributed by atoms with Crippen molar-refractivity contribution >= 4 is 17.5 Å². The highest BCUT2D eigenvalue weighted by Gasteiger charge is 2.35. The molecule has 0 spiro atoms. The van der Waals surface area contributed by atoms with Gasteiger partial charge in [0.15, 0.2) is 0 Å². The van der Waals surface area contributed by atoms with Crippen LogP contribution in [0.4, 0.5) is 0 Å². The molecule has 1 aliphatic rings. The number of nitrogens with one attached hydrogen (secondary N) is 1. The van der Waals surface area contributed by atoms with E-state index in [9.17, 15) is 15.2 Å². The molecule has 1 unspecified atom stereocenters. The van der Waals surface area contributed by atoms with E-state index >= 15 is 0 Å². The zero-order valence-corrected chi connectivity index (χ0v) is 11.9. The predicted octanol–water partition coefficient (Wildman–Crippen LogP) is 2.72. The average molecular weight is 293 g/mol. The number of carbonyl (C=O) groups excluding carboxylic acids is 1. The van der Waals surface area contributed by atoms with Crippen LogP contribution in [-0.2, 0) is 4.79 Å². The van der Waals surface area contributed by atoms with E-state index in [0.717, 1.165) is 12.8 Å². The molecule has 1 aromatic carbocycles. The summed E-state index contributed by atoms with van der Waals surface area (Å²) >= 11 is 5.78. The Bertz CT molecular complexity index is 516. The van der Waals surface area contributed by atoms with E-state index in [1.165, 1.54) is 0 Å². The number of carbonyl (C=O) groups is 1. The van der Waals surface area contributed by atoms with Crippen LogP contribution < -0.4 is 5.32 Å². The first kappa shape index (κ1) is 14.8. The fraction of sp³-hybridized carbons (Fsp3) is 0.467. The van der Waals surface area contributed by atoms with Crippen LogP contribution in [0.15, 0.2) is 24.3 Å². The van der Waals surface area contributed by atoms with E-state index < -0.39 is 11.6 Å².